The summed E-state index contributed by atoms with van der Waals surface area (Å²) in [7, 11) is 1.62. The summed E-state index contributed by atoms with van der Waals surface area (Å²) in [5.74, 6) is 1.50. The average Bonchev–Trinajstić information content (AvgIpc) is 2.94. The van der Waals surface area contributed by atoms with Crippen LogP contribution in [0.2, 0.25) is 0 Å². The van der Waals surface area contributed by atoms with E-state index in [0.717, 1.165) is 17.9 Å². The third-order valence-corrected chi connectivity index (χ3v) is 4.73. The number of carbonyl (C=O) groups is 2. The molecule has 1 amide bonds. The van der Waals surface area contributed by atoms with Gasteiger partial charge in [0.25, 0.3) is 0 Å². The van der Waals surface area contributed by atoms with Gasteiger partial charge >= 0.3 is 0 Å². The van der Waals surface area contributed by atoms with Gasteiger partial charge in [0.1, 0.15) is 5.75 Å². The smallest absolute Gasteiger partial charge is 0.232 e. The zero-order chi connectivity index (χ0) is 13.9. The fourth-order valence-corrected chi connectivity index (χ4v) is 3.80. The number of amides is 1. The van der Waals surface area contributed by atoms with Crippen LogP contribution in [-0.2, 0) is 9.59 Å². The number of ether oxygens (including phenoxy) is 1. The van der Waals surface area contributed by atoms with Crippen LogP contribution in [0.1, 0.15) is 12.8 Å². The predicted molar refractivity (Wildman–Crippen MR) is 73.6 cm³/mol. The molecule has 1 saturated heterocycles. The summed E-state index contributed by atoms with van der Waals surface area (Å²) in [4.78, 5) is 25.7. The standard InChI is InChI=1S/C16H15NO3/c1-20-12-4-2-10(3-5-12)17-15-13-8-11(18)6-9(13)7-14(15)16(17)19/h2-6,13-15H,7-8H2,1H3/t13-,14?,15-/m1/s1. The number of carbonyl (C=O) groups excluding carboxylic acids is 2. The first kappa shape index (κ1) is 11.7. The number of fused-ring (bicyclic) bond motifs is 3. The van der Waals surface area contributed by atoms with Gasteiger partial charge in [0.15, 0.2) is 5.78 Å². The molecule has 0 spiro atoms. The van der Waals surface area contributed by atoms with Crippen LogP contribution >= 0.6 is 0 Å². The van der Waals surface area contributed by atoms with Crippen molar-refractivity contribution in [3.8, 4) is 5.75 Å². The third kappa shape index (κ3) is 1.42. The van der Waals surface area contributed by atoms with Crippen LogP contribution in [0.4, 0.5) is 5.69 Å². The minimum atomic E-state index is 0.0847. The molecule has 0 aromatic heterocycles. The van der Waals surface area contributed by atoms with Gasteiger partial charge in [-0.2, -0.15) is 0 Å². The van der Waals surface area contributed by atoms with Gasteiger partial charge in [-0.3, -0.25) is 9.59 Å². The highest BCUT2D eigenvalue weighted by Crippen LogP contribution is 2.52. The molecular weight excluding hydrogens is 254 g/mol. The van der Waals surface area contributed by atoms with Gasteiger partial charge in [0, 0.05) is 18.0 Å². The Morgan fingerprint density at radius 3 is 2.55 bits per heavy atom. The first-order valence-electron chi connectivity index (χ1n) is 6.89. The minimum Gasteiger partial charge on any atom is -0.497 e. The molecule has 0 bridgehead atoms. The molecule has 2 aliphatic carbocycles. The van der Waals surface area contributed by atoms with Gasteiger partial charge < -0.3 is 9.64 Å². The largest absolute Gasteiger partial charge is 0.497 e. The highest BCUT2D eigenvalue weighted by atomic mass is 16.5. The van der Waals surface area contributed by atoms with Crippen molar-refractivity contribution in [1.29, 1.82) is 0 Å². The van der Waals surface area contributed by atoms with Crippen LogP contribution in [0, 0.1) is 11.8 Å². The summed E-state index contributed by atoms with van der Waals surface area (Å²) in [6.45, 7) is 0. The number of ketones is 1. The van der Waals surface area contributed by atoms with Gasteiger partial charge in [-0.25, -0.2) is 0 Å². The maximum Gasteiger partial charge on any atom is 0.232 e. The maximum atomic E-state index is 12.3. The minimum absolute atomic E-state index is 0.0847. The monoisotopic (exact) mass is 269 g/mol. The molecule has 1 aromatic rings. The van der Waals surface area contributed by atoms with Gasteiger partial charge in [0.2, 0.25) is 5.91 Å². The molecular formula is C16H15NO3. The summed E-state index contributed by atoms with van der Waals surface area (Å²) in [6, 6.07) is 7.72. The number of anilines is 1. The van der Waals surface area contributed by atoms with Crippen LogP contribution in [0.3, 0.4) is 0 Å². The van der Waals surface area contributed by atoms with E-state index in [0.29, 0.717) is 6.42 Å². The second-order valence-electron chi connectivity index (χ2n) is 5.70. The average molecular weight is 269 g/mol. The molecule has 3 aliphatic rings. The Balaban J connectivity index is 1.65. The Bertz CT molecular complexity index is 632. The highest BCUT2D eigenvalue weighted by molar-refractivity contribution is 6.06. The number of β-lactam (4-membered cyclic amide) rings is 1. The van der Waals surface area contributed by atoms with Crippen molar-refractivity contribution >= 4 is 17.4 Å². The number of methoxy groups -OCH3 is 1. The normalized spacial score (nSPS) is 30.8. The summed E-state index contributed by atoms with van der Waals surface area (Å²) in [6.07, 6.45) is 3.09. The molecule has 3 atom stereocenters. The summed E-state index contributed by atoms with van der Waals surface area (Å²) in [5, 5.41) is 0. The predicted octanol–water partition coefficient (Wildman–Crippen LogP) is 1.95. The number of hydrogen-bond acceptors (Lipinski definition) is 3. The fourth-order valence-electron chi connectivity index (χ4n) is 3.80. The van der Waals surface area contributed by atoms with Crippen LogP contribution in [-0.4, -0.2) is 24.8 Å². The Kier molecular flexibility index (Phi) is 2.31. The van der Waals surface area contributed by atoms with E-state index in [2.05, 4.69) is 0 Å². The summed E-state index contributed by atoms with van der Waals surface area (Å²) in [5.41, 5.74) is 2.08. The van der Waals surface area contributed by atoms with Crippen molar-refractivity contribution in [2.24, 2.45) is 11.8 Å². The molecule has 20 heavy (non-hydrogen) atoms. The van der Waals surface area contributed by atoms with Crippen molar-refractivity contribution in [3.05, 3.63) is 35.9 Å². The van der Waals surface area contributed by atoms with Gasteiger partial charge in [0.05, 0.1) is 19.1 Å². The lowest BCUT2D eigenvalue weighted by atomic mass is 9.84. The Morgan fingerprint density at radius 1 is 1.10 bits per heavy atom. The molecule has 4 heteroatoms. The fraction of sp³-hybridized carbons (Fsp3) is 0.375. The molecule has 1 saturated carbocycles. The van der Waals surface area contributed by atoms with E-state index in [9.17, 15) is 9.59 Å². The number of benzene rings is 1. The van der Waals surface area contributed by atoms with Crippen LogP contribution in [0.5, 0.6) is 5.75 Å². The summed E-state index contributed by atoms with van der Waals surface area (Å²) < 4.78 is 5.14. The summed E-state index contributed by atoms with van der Waals surface area (Å²) >= 11 is 0. The SMILES string of the molecule is COc1ccc(N2C(=O)C3CC4=CC(=O)C[C@H]4[C@H]32)cc1. The molecule has 0 N–H and O–H groups in total. The first-order chi connectivity index (χ1) is 9.69. The molecule has 1 aliphatic heterocycles. The van der Waals surface area contributed by atoms with Gasteiger partial charge in [-0.15, -0.1) is 0 Å². The van der Waals surface area contributed by atoms with Gasteiger partial charge in [-0.05, 0) is 36.8 Å². The molecule has 1 heterocycles. The number of hydrogen-bond donors (Lipinski definition) is 0. The van der Waals surface area contributed by atoms with E-state index in [-0.39, 0.29) is 29.6 Å². The second kappa shape index (κ2) is 3.95. The van der Waals surface area contributed by atoms with E-state index >= 15 is 0 Å². The second-order valence-corrected chi connectivity index (χ2v) is 5.70. The lowest BCUT2D eigenvalue weighted by Gasteiger charge is -2.45. The molecule has 0 radical (unpaired) electrons. The first-order valence-corrected chi connectivity index (χ1v) is 6.89. The molecule has 4 nitrogen and oxygen atoms in total. The van der Waals surface area contributed by atoms with Crippen molar-refractivity contribution in [2.75, 3.05) is 12.0 Å². The van der Waals surface area contributed by atoms with Crippen molar-refractivity contribution in [2.45, 2.75) is 18.9 Å². The van der Waals surface area contributed by atoms with Crippen LogP contribution in [0.25, 0.3) is 0 Å². The highest BCUT2D eigenvalue weighted by Gasteiger charge is 2.58. The number of rotatable bonds is 2. The van der Waals surface area contributed by atoms with Crippen molar-refractivity contribution in [1.82, 2.24) is 0 Å². The molecule has 1 aromatic carbocycles. The molecule has 102 valence electrons. The van der Waals surface area contributed by atoms with Crippen molar-refractivity contribution < 1.29 is 14.3 Å². The quantitative estimate of drug-likeness (QED) is 0.771. The van der Waals surface area contributed by atoms with Crippen LogP contribution < -0.4 is 9.64 Å². The van der Waals surface area contributed by atoms with E-state index in [1.807, 2.05) is 29.2 Å². The Morgan fingerprint density at radius 2 is 1.85 bits per heavy atom. The van der Waals surface area contributed by atoms with Gasteiger partial charge in [-0.1, -0.05) is 5.57 Å². The lowest BCUT2D eigenvalue weighted by Crippen LogP contribution is -2.61. The Hall–Kier alpha value is -2.10. The molecule has 1 unspecified atom stereocenters. The van der Waals surface area contributed by atoms with E-state index in [1.54, 1.807) is 13.2 Å². The molecule has 2 fully saturated rings. The zero-order valence-corrected chi connectivity index (χ0v) is 11.2. The van der Waals surface area contributed by atoms with E-state index in [1.165, 1.54) is 5.57 Å². The number of nitrogens with zero attached hydrogens (tertiary/aromatic N) is 1. The molecule has 4 rings (SSSR count). The van der Waals surface area contributed by atoms with E-state index < -0.39 is 0 Å². The van der Waals surface area contributed by atoms with Crippen LogP contribution in [0.15, 0.2) is 35.9 Å². The van der Waals surface area contributed by atoms with Crippen molar-refractivity contribution in [3.63, 3.8) is 0 Å². The zero-order valence-electron chi connectivity index (χ0n) is 11.2. The maximum absolute atomic E-state index is 12.3. The number of allylic oxidation sites excluding steroid dienone is 1. The van der Waals surface area contributed by atoms with E-state index in [4.69, 9.17) is 4.74 Å². The third-order valence-electron chi connectivity index (χ3n) is 4.73. The Labute approximate surface area is 117 Å². The lowest BCUT2D eigenvalue weighted by molar-refractivity contribution is -0.130. The topological polar surface area (TPSA) is 46.6 Å².